The van der Waals surface area contributed by atoms with E-state index < -0.39 is 12.0 Å². The number of carbonyl (C=O) groups is 1. The van der Waals surface area contributed by atoms with E-state index in [2.05, 4.69) is 4.74 Å². The molecule has 20 heavy (non-hydrogen) atoms. The highest BCUT2D eigenvalue weighted by atomic mass is 19.1. The van der Waals surface area contributed by atoms with Crippen molar-refractivity contribution < 1.29 is 13.9 Å². The van der Waals surface area contributed by atoms with Crippen LogP contribution in [0.2, 0.25) is 0 Å². The molecule has 0 heterocycles. The summed E-state index contributed by atoms with van der Waals surface area (Å²) in [5.74, 6) is -0.778. The van der Waals surface area contributed by atoms with Gasteiger partial charge >= 0.3 is 5.97 Å². The average molecular weight is 273 g/mol. The summed E-state index contributed by atoms with van der Waals surface area (Å²) >= 11 is 0. The Hall–Kier alpha value is -2.20. The highest BCUT2D eigenvalue weighted by molar-refractivity contribution is 5.77. The van der Waals surface area contributed by atoms with Gasteiger partial charge in [-0.05, 0) is 23.6 Å². The molecule has 2 aromatic carbocycles. The summed E-state index contributed by atoms with van der Waals surface area (Å²) in [6, 6.07) is 13.1. The molecule has 1 unspecified atom stereocenters. The molecular formula is C16H16FNO2. The van der Waals surface area contributed by atoms with Gasteiger partial charge in [0.1, 0.15) is 11.9 Å². The van der Waals surface area contributed by atoms with E-state index in [-0.39, 0.29) is 5.82 Å². The third kappa shape index (κ3) is 3.03. The minimum atomic E-state index is -0.757. The number of esters is 1. The van der Waals surface area contributed by atoms with Gasteiger partial charge in [0.25, 0.3) is 0 Å². The van der Waals surface area contributed by atoms with Crippen LogP contribution in [-0.4, -0.2) is 19.1 Å². The number of methoxy groups -OCH3 is 1. The molecule has 0 aliphatic rings. The molecule has 2 N–H and O–H groups in total. The van der Waals surface area contributed by atoms with Crippen molar-refractivity contribution in [1.82, 2.24) is 0 Å². The first kappa shape index (κ1) is 14.2. The first-order valence-electron chi connectivity index (χ1n) is 6.29. The molecule has 0 saturated heterocycles. The average Bonchev–Trinajstić information content (AvgIpc) is 2.47. The lowest BCUT2D eigenvalue weighted by Crippen LogP contribution is -2.33. The first-order valence-corrected chi connectivity index (χ1v) is 6.29. The molecule has 2 rings (SSSR count). The fraction of sp³-hybridized carbons (Fsp3) is 0.188. The third-order valence-corrected chi connectivity index (χ3v) is 3.13. The molecule has 0 spiro atoms. The minimum Gasteiger partial charge on any atom is -0.468 e. The first-order chi connectivity index (χ1) is 9.63. The number of ether oxygens (including phenoxy) is 1. The maximum Gasteiger partial charge on any atom is 0.322 e. The fourth-order valence-corrected chi connectivity index (χ4v) is 2.11. The van der Waals surface area contributed by atoms with Crippen LogP contribution < -0.4 is 5.73 Å². The Morgan fingerprint density at radius 2 is 1.75 bits per heavy atom. The van der Waals surface area contributed by atoms with Gasteiger partial charge in [-0.25, -0.2) is 4.39 Å². The van der Waals surface area contributed by atoms with Crippen molar-refractivity contribution in [1.29, 1.82) is 0 Å². The van der Waals surface area contributed by atoms with Crippen LogP contribution in [0.5, 0.6) is 0 Å². The summed E-state index contributed by atoms with van der Waals surface area (Å²) < 4.78 is 18.5. The number of nitrogens with two attached hydrogens (primary N) is 1. The van der Waals surface area contributed by atoms with Gasteiger partial charge < -0.3 is 10.5 Å². The van der Waals surface area contributed by atoms with Crippen LogP contribution in [0.3, 0.4) is 0 Å². The lowest BCUT2D eigenvalue weighted by Gasteiger charge is -2.13. The SMILES string of the molecule is COC(=O)C(N)Cc1ccccc1-c1ccccc1F. The highest BCUT2D eigenvalue weighted by Gasteiger charge is 2.17. The summed E-state index contributed by atoms with van der Waals surface area (Å²) in [7, 11) is 1.30. The summed E-state index contributed by atoms with van der Waals surface area (Å²) in [5.41, 5.74) is 7.83. The minimum absolute atomic E-state index is 0.299. The molecule has 0 amide bonds. The Morgan fingerprint density at radius 1 is 1.15 bits per heavy atom. The second kappa shape index (κ2) is 6.30. The summed E-state index contributed by atoms with van der Waals surface area (Å²) in [6.07, 6.45) is 0.303. The van der Waals surface area contributed by atoms with E-state index in [4.69, 9.17) is 5.73 Å². The maximum absolute atomic E-state index is 13.9. The molecular weight excluding hydrogens is 257 g/mol. The molecule has 104 valence electrons. The van der Waals surface area contributed by atoms with Gasteiger partial charge in [-0.15, -0.1) is 0 Å². The second-order valence-electron chi connectivity index (χ2n) is 4.47. The zero-order chi connectivity index (χ0) is 14.5. The Labute approximate surface area is 117 Å². The number of hydrogen-bond donors (Lipinski definition) is 1. The Bertz CT molecular complexity index is 613. The molecule has 0 aliphatic carbocycles. The van der Waals surface area contributed by atoms with Crippen molar-refractivity contribution in [2.75, 3.05) is 7.11 Å². The molecule has 4 heteroatoms. The summed E-state index contributed by atoms with van der Waals surface area (Å²) in [6.45, 7) is 0. The number of carbonyl (C=O) groups excluding carboxylic acids is 1. The van der Waals surface area contributed by atoms with E-state index in [0.29, 0.717) is 12.0 Å². The molecule has 3 nitrogen and oxygen atoms in total. The number of benzene rings is 2. The second-order valence-corrected chi connectivity index (χ2v) is 4.47. The maximum atomic E-state index is 13.9. The lowest BCUT2D eigenvalue weighted by molar-refractivity contribution is -0.142. The molecule has 2 aromatic rings. The molecule has 0 aromatic heterocycles. The van der Waals surface area contributed by atoms with Crippen molar-refractivity contribution in [3.63, 3.8) is 0 Å². The highest BCUT2D eigenvalue weighted by Crippen LogP contribution is 2.26. The van der Waals surface area contributed by atoms with Gasteiger partial charge in [0.2, 0.25) is 0 Å². The van der Waals surface area contributed by atoms with E-state index in [0.717, 1.165) is 11.1 Å². The van der Waals surface area contributed by atoms with Crippen LogP contribution in [0, 0.1) is 5.82 Å². The van der Waals surface area contributed by atoms with Crippen LogP contribution >= 0.6 is 0 Å². The van der Waals surface area contributed by atoms with Crippen LogP contribution in [0.15, 0.2) is 48.5 Å². The normalized spacial score (nSPS) is 11.9. The van der Waals surface area contributed by atoms with Crippen molar-refractivity contribution in [3.05, 3.63) is 59.9 Å². The molecule has 0 aliphatic heterocycles. The van der Waals surface area contributed by atoms with Crippen molar-refractivity contribution in [2.24, 2.45) is 5.73 Å². The zero-order valence-corrected chi connectivity index (χ0v) is 11.2. The van der Waals surface area contributed by atoms with Gasteiger partial charge in [0.15, 0.2) is 0 Å². The molecule has 1 atom stereocenters. The molecule has 0 fully saturated rings. The largest absolute Gasteiger partial charge is 0.468 e. The van der Waals surface area contributed by atoms with Gasteiger partial charge in [0, 0.05) is 5.56 Å². The molecule has 0 bridgehead atoms. The number of hydrogen-bond acceptors (Lipinski definition) is 3. The molecule has 0 saturated carbocycles. The summed E-state index contributed by atoms with van der Waals surface area (Å²) in [5, 5.41) is 0. The number of halogens is 1. The number of rotatable bonds is 4. The van der Waals surface area contributed by atoms with Crippen molar-refractivity contribution in [2.45, 2.75) is 12.5 Å². The van der Waals surface area contributed by atoms with Crippen molar-refractivity contribution >= 4 is 5.97 Å². The lowest BCUT2D eigenvalue weighted by atomic mass is 9.95. The van der Waals surface area contributed by atoms with Gasteiger partial charge in [-0.2, -0.15) is 0 Å². The Balaban J connectivity index is 2.37. The van der Waals surface area contributed by atoms with Gasteiger partial charge in [0.05, 0.1) is 7.11 Å². The molecule has 0 radical (unpaired) electrons. The van der Waals surface area contributed by atoms with Crippen LogP contribution in [-0.2, 0) is 16.0 Å². The van der Waals surface area contributed by atoms with E-state index in [1.807, 2.05) is 24.3 Å². The van der Waals surface area contributed by atoms with E-state index >= 15 is 0 Å². The zero-order valence-electron chi connectivity index (χ0n) is 11.2. The standard InChI is InChI=1S/C16H16FNO2/c1-20-16(19)15(18)10-11-6-2-3-7-12(11)13-8-4-5-9-14(13)17/h2-9,15H,10,18H2,1H3. The third-order valence-electron chi connectivity index (χ3n) is 3.13. The van der Waals surface area contributed by atoms with E-state index in [9.17, 15) is 9.18 Å². The predicted molar refractivity (Wildman–Crippen MR) is 75.5 cm³/mol. The fourth-order valence-electron chi connectivity index (χ4n) is 2.11. The van der Waals surface area contributed by atoms with E-state index in [1.165, 1.54) is 13.2 Å². The van der Waals surface area contributed by atoms with Crippen LogP contribution in [0.4, 0.5) is 4.39 Å². The van der Waals surface area contributed by atoms with E-state index in [1.54, 1.807) is 18.2 Å². The van der Waals surface area contributed by atoms with Crippen LogP contribution in [0.1, 0.15) is 5.56 Å². The van der Waals surface area contributed by atoms with Gasteiger partial charge in [-0.3, -0.25) is 4.79 Å². The quantitative estimate of drug-likeness (QED) is 0.871. The Morgan fingerprint density at radius 3 is 2.40 bits per heavy atom. The smallest absolute Gasteiger partial charge is 0.322 e. The summed E-state index contributed by atoms with van der Waals surface area (Å²) in [4.78, 5) is 11.4. The predicted octanol–water partition coefficient (Wildman–Crippen LogP) is 2.54. The van der Waals surface area contributed by atoms with Gasteiger partial charge in [-0.1, -0.05) is 42.5 Å². The van der Waals surface area contributed by atoms with Crippen molar-refractivity contribution in [3.8, 4) is 11.1 Å². The monoisotopic (exact) mass is 273 g/mol. The van der Waals surface area contributed by atoms with Crippen LogP contribution in [0.25, 0.3) is 11.1 Å². The topological polar surface area (TPSA) is 52.3 Å². The Kier molecular flexibility index (Phi) is 4.48.